The van der Waals surface area contributed by atoms with E-state index in [0.29, 0.717) is 0 Å². The summed E-state index contributed by atoms with van der Waals surface area (Å²) in [5.74, 6) is 0.192. The summed E-state index contributed by atoms with van der Waals surface area (Å²) in [7, 11) is 0. The van der Waals surface area contributed by atoms with Crippen molar-refractivity contribution in [1.29, 1.82) is 0 Å². The fraction of sp³-hybridized carbons (Fsp3) is 0.417. The number of halogens is 1. The summed E-state index contributed by atoms with van der Waals surface area (Å²) in [6, 6.07) is 8.24. The molecule has 0 aliphatic rings. The van der Waals surface area contributed by atoms with E-state index in [1.807, 2.05) is 19.1 Å². The molecule has 76 valence electrons. The minimum absolute atomic E-state index is 0.192. The summed E-state index contributed by atoms with van der Waals surface area (Å²) in [6.45, 7) is 1.97. The quantitative estimate of drug-likeness (QED) is 0.734. The maximum absolute atomic E-state index is 10.4. The number of carbonyl (C=O) groups is 1. The third kappa shape index (κ3) is 3.62. The maximum Gasteiger partial charge on any atom is 0.122 e. The Hall–Kier alpha value is -0.630. The van der Waals surface area contributed by atoms with Gasteiger partial charge in [-0.2, -0.15) is 0 Å². The molecule has 0 aliphatic carbocycles. The number of aryl methyl sites for hydroxylation is 1. The molecule has 1 aromatic rings. The molecule has 1 aromatic carbocycles. The van der Waals surface area contributed by atoms with Gasteiger partial charge in [0.15, 0.2) is 0 Å². The van der Waals surface area contributed by atoms with Crippen molar-refractivity contribution >= 4 is 22.2 Å². The van der Waals surface area contributed by atoms with E-state index >= 15 is 0 Å². The predicted molar refractivity (Wildman–Crippen MR) is 62.3 cm³/mol. The fourth-order valence-corrected chi connectivity index (χ4v) is 1.87. The first-order valence-electron chi connectivity index (χ1n) is 4.92. The molecule has 0 bridgehead atoms. The monoisotopic (exact) mass is 254 g/mol. The Morgan fingerprint density at radius 1 is 1.43 bits per heavy atom. The average Bonchev–Trinajstić information content (AvgIpc) is 2.20. The normalized spacial score (nSPS) is 12.4. The SMILES string of the molecule is CC(C=O)CCCc1ccccc1Br. The third-order valence-corrected chi connectivity index (χ3v) is 3.07. The highest BCUT2D eigenvalue weighted by Gasteiger charge is 2.01. The van der Waals surface area contributed by atoms with Crippen LogP contribution in [0.4, 0.5) is 0 Å². The molecular weight excluding hydrogens is 240 g/mol. The van der Waals surface area contributed by atoms with E-state index in [1.54, 1.807) is 0 Å². The smallest absolute Gasteiger partial charge is 0.122 e. The van der Waals surface area contributed by atoms with Crippen LogP contribution in [0.15, 0.2) is 28.7 Å². The van der Waals surface area contributed by atoms with Crippen molar-refractivity contribution in [3.05, 3.63) is 34.3 Å². The van der Waals surface area contributed by atoms with E-state index in [9.17, 15) is 4.79 Å². The molecule has 0 radical (unpaired) electrons. The van der Waals surface area contributed by atoms with Crippen LogP contribution < -0.4 is 0 Å². The second-order valence-corrected chi connectivity index (χ2v) is 4.45. The van der Waals surface area contributed by atoms with Gasteiger partial charge in [-0.15, -0.1) is 0 Å². The Morgan fingerprint density at radius 2 is 2.14 bits per heavy atom. The van der Waals surface area contributed by atoms with Gasteiger partial charge >= 0.3 is 0 Å². The van der Waals surface area contributed by atoms with Crippen LogP contribution >= 0.6 is 15.9 Å². The van der Waals surface area contributed by atoms with E-state index in [0.717, 1.165) is 25.5 Å². The van der Waals surface area contributed by atoms with Gasteiger partial charge in [-0.3, -0.25) is 0 Å². The van der Waals surface area contributed by atoms with Crippen molar-refractivity contribution in [3.8, 4) is 0 Å². The number of carbonyl (C=O) groups excluding carboxylic acids is 1. The molecule has 1 atom stereocenters. The lowest BCUT2D eigenvalue weighted by molar-refractivity contribution is -0.110. The summed E-state index contributed by atoms with van der Waals surface area (Å²) in [5.41, 5.74) is 1.32. The number of hydrogen-bond acceptors (Lipinski definition) is 1. The maximum atomic E-state index is 10.4. The fourth-order valence-electron chi connectivity index (χ4n) is 1.38. The van der Waals surface area contributed by atoms with Gasteiger partial charge in [0.05, 0.1) is 0 Å². The Labute approximate surface area is 93.7 Å². The Balaban J connectivity index is 2.38. The van der Waals surface area contributed by atoms with Gasteiger partial charge in [0.25, 0.3) is 0 Å². The standard InChI is InChI=1S/C12H15BrO/c1-10(9-14)5-4-7-11-6-2-3-8-12(11)13/h2-3,6,8-10H,4-5,7H2,1H3. The molecule has 0 saturated heterocycles. The lowest BCUT2D eigenvalue weighted by atomic mass is 10.0. The van der Waals surface area contributed by atoms with Gasteiger partial charge < -0.3 is 4.79 Å². The van der Waals surface area contributed by atoms with E-state index in [1.165, 1.54) is 10.0 Å². The molecule has 0 fully saturated rings. The number of aldehydes is 1. The predicted octanol–water partition coefficient (Wildman–Crippen LogP) is 3.61. The van der Waals surface area contributed by atoms with Gasteiger partial charge in [0.2, 0.25) is 0 Å². The van der Waals surface area contributed by atoms with Crippen LogP contribution in [-0.2, 0) is 11.2 Å². The molecule has 0 saturated carbocycles. The molecule has 14 heavy (non-hydrogen) atoms. The van der Waals surface area contributed by atoms with E-state index in [-0.39, 0.29) is 5.92 Å². The summed E-state index contributed by atoms with van der Waals surface area (Å²) in [6.07, 6.45) is 4.12. The topological polar surface area (TPSA) is 17.1 Å². The Morgan fingerprint density at radius 3 is 2.79 bits per heavy atom. The second kappa shape index (κ2) is 5.97. The van der Waals surface area contributed by atoms with E-state index in [4.69, 9.17) is 0 Å². The van der Waals surface area contributed by atoms with Crippen molar-refractivity contribution in [1.82, 2.24) is 0 Å². The molecule has 0 spiro atoms. The molecule has 2 heteroatoms. The van der Waals surface area contributed by atoms with Crippen LogP contribution in [0.1, 0.15) is 25.3 Å². The molecule has 0 heterocycles. The van der Waals surface area contributed by atoms with Gasteiger partial charge in [0, 0.05) is 10.4 Å². The average molecular weight is 255 g/mol. The summed E-state index contributed by atoms with van der Waals surface area (Å²) in [4.78, 5) is 10.4. The minimum Gasteiger partial charge on any atom is -0.303 e. The van der Waals surface area contributed by atoms with Crippen molar-refractivity contribution in [2.24, 2.45) is 5.92 Å². The summed E-state index contributed by atoms with van der Waals surface area (Å²) in [5, 5.41) is 0. The highest BCUT2D eigenvalue weighted by atomic mass is 79.9. The van der Waals surface area contributed by atoms with Gasteiger partial charge in [-0.05, 0) is 30.9 Å². The Bertz CT molecular complexity index is 296. The van der Waals surface area contributed by atoms with Crippen LogP contribution in [0.5, 0.6) is 0 Å². The first-order valence-corrected chi connectivity index (χ1v) is 5.72. The van der Waals surface area contributed by atoms with Crippen molar-refractivity contribution in [2.75, 3.05) is 0 Å². The molecule has 1 rings (SSSR count). The molecular formula is C12H15BrO. The number of rotatable bonds is 5. The largest absolute Gasteiger partial charge is 0.303 e. The zero-order chi connectivity index (χ0) is 10.4. The zero-order valence-electron chi connectivity index (χ0n) is 8.37. The molecule has 0 amide bonds. The van der Waals surface area contributed by atoms with Crippen LogP contribution in [0.2, 0.25) is 0 Å². The van der Waals surface area contributed by atoms with Crippen molar-refractivity contribution in [3.63, 3.8) is 0 Å². The highest BCUT2D eigenvalue weighted by molar-refractivity contribution is 9.10. The zero-order valence-corrected chi connectivity index (χ0v) is 9.96. The molecule has 1 nitrogen and oxygen atoms in total. The van der Waals surface area contributed by atoms with Gasteiger partial charge in [-0.25, -0.2) is 0 Å². The van der Waals surface area contributed by atoms with E-state index in [2.05, 4.69) is 28.1 Å². The third-order valence-electron chi connectivity index (χ3n) is 2.30. The molecule has 0 aliphatic heterocycles. The highest BCUT2D eigenvalue weighted by Crippen LogP contribution is 2.18. The lowest BCUT2D eigenvalue weighted by Crippen LogP contribution is -1.97. The molecule has 0 N–H and O–H groups in total. The van der Waals surface area contributed by atoms with Crippen LogP contribution in [0.3, 0.4) is 0 Å². The van der Waals surface area contributed by atoms with Crippen molar-refractivity contribution < 1.29 is 4.79 Å². The summed E-state index contributed by atoms with van der Waals surface area (Å²) >= 11 is 3.51. The van der Waals surface area contributed by atoms with Crippen molar-refractivity contribution in [2.45, 2.75) is 26.2 Å². The van der Waals surface area contributed by atoms with Gasteiger partial charge in [-0.1, -0.05) is 41.1 Å². The first-order chi connectivity index (χ1) is 6.74. The summed E-state index contributed by atoms with van der Waals surface area (Å²) < 4.78 is 1.17. The van der Waals surface area contributed by atoms with Crippen LogP contribution in [-0.4, -0.2) is 6.29 Å². The first kappa shape index (κ1) is 11.4. The second-order valence-electron chi connectivity index (χ2n) is 3.60. The Kier molecular flexibility index (Phi) is 4.88. The van der Waals surface area contributed by atoms with Crippen LogP contribution in [0.25, 0.3) is 0 Å². The molecule has 0 aromatic heterocycles. The minimum atomic E-state index is 0.192. The molecule has 1 unspecified atom stereocenters. The number of hydrogen-bond donors (Lipinski definition) is 0. The lowest BCUT2D eigenvalue weighted by Gasteiger charge is -2.05. The van der Waals surface area contributed by atoms with E-state index < -0.39 is 0 Å². The van der Waals surface area contributed by atoms with Crippen LogP contribution in [0, 0.1) is 5.92 Å². The van der Waals surface area contributed by atoms with Gasteiger partial charge in [0.1, 0.15) is 6.29 Å². The number of benzene rings is 1.